The molecular formula is C25H18N4OSe. The number of anilines is 2. The van der Waals surface area contributed by atoms with Gasteiger partial charge in [0.1, 0.15) is 0 Å². The molecule has 0 aliphatic carbocycles. The van der Waals surface area contributed by atoms with E-state index in [0.717, 1.165) is 33.0 Å². The number of hydrogen-bond donors (Lipinski definition) is 0. The van der Waals surface area contributed by atoms with Gasteiger partial charge in [0.05, 0.1) is 0 Å². The fraction of sp³-hybridized carbons (Fsp3) is 0. The third-order valence-corrected chi connectivity index (χ3v) is 6.59. The molecule has 5 aromatic rings. The van der Waals surface area contributed by atoms with Crippen LogP contribution in [0.15, 0.2) is 109 Å². The number of imidazole rings is 1. The van der Waals surface area contributed by atoms with E-state index in [9.17, 15) is 4.79 Å². The number of fused-ring (bicyclic) bond motifs is 1. The number of para-hydroxylation sites is 2. The Kier molecular flexibility index (Phi) is 5.31. The first-order valence-corrected chi connectivity index (χ1v) is 11.5. The van der Waals surface area contributed by atoms with E-state index in [1.807, 2.05) is 108 Å². The maximum atomic E-state index is 13.6. The number of nitrogens with zero attached hydrogens (tertiary/aromatic N) is 4. The molecule has 5 rings (SSSR count). The second-order valence-corrected chi connectivity index (χ2v) is 8.76. The van der Waals surface area contributed by atoms with Crippen LogP contribution in [0.5, 0.6) is 0 Å². The summed E-state index contributed by atoms with van der Waals surface area (Å²) in [6.07, 6.45) is 3.71. The van der Waals surface area contributed by atoms with Gasteiger partial charge in [0, 0.05) is 0 Å². The Bertz CT molecular complexity index is 1280. The van der Waals surface area contributed by atoms with E-state index in [0.29, 0.717) is 0 Å². The van der Waals surface area contributed by atoms with E-state index in [4.69, 9.17) is 4.98 Å². The first kappa shape index (κ1) is 19.2. The van der Waals surface area contributed by atoms with Crippen LogP contribution in [-0.4, -0.2) is 34.1 Å². The van der Waals surface area contributed by atoms with E-state index < -0.39 is 15.0 Å². The molecule has 0 saturated carbocycles. The number of pyridine rings is 2. The van der Waals surface area contributed by atoms with Crippen molar-refractivity contribution in [2.45, 2.75) is 0 Å². The molecule has 0 saturated heterocycles. The Balaban J connectivity index is 1.56. The quantitative estimate of drug-likeness (QED) is 0.351. The molecule has 150 valence electrons. The van der Waals surface area contributed by atoms with Crippen LogP contribution >= 0.6 is 0 Å². The summed E-state index contributed by atoms with van der Waals surface area (Å²) in [4.78, 5) is 24.7. The van der Waals surface area contributed by atoms with Gasteiger partial charge in [0.15, 0.2) is 0 Å². The van der Waals surface area contributed by atoms with Crippen molar-refractivity contribution in [3.05, 3.63) is 109 Å². The molecule has 0 aliphatic rings. The van der Waals surface area contributed by atoms with Gasteiger partial charge in [-0.15, -0.1) is 0 Å². The van der Waals surface area contributed by atoms with Crippen LogP contribution in [0.1, 0.15) is 0 Å². The Hall–Kier alpha value is -3.73. The van der Waals surface area contributed by atoms with Crippen LogP contribution in [0.2, 0.25) is 0 Å². The summed E-state index contributed by atoms with van der Waals surface area (Å²) in [5.41, 5.74) is 3.39. The third-order valence-electron chi connectivity index (χ3n) is 4.80. The van der Waals surface area contributed by atoms with Gasteiger partial charge in [0.2, 0.25) is 0 Å². The monoisotopic (exact) mass is 470 g/mol. The zero-order valence-corrected chi connectivity index (χ0v) is 18.2. The molecule has 0 bridgehead atoms. The first-order valence-electron chi connectivity index (χ1n) is 9.82. The summed E-state index contributed by atoms with van der Waals surface area (Å²) in [5, 5.41) is 0. The SMILES string of the molecule is O=C([Se]c1nc(-c2ccccn2)n2ccccc12)N(c1ccccc1)c1ccccc1. The predicted octanol–water partition coefficient (Wildman–Crippen LogP) is 4.68. The number of carbonyl (C=O) groups is 1. The summed E-state index contributed by atoms with van der Waals surface area (Å²) < 4.78 is 2.79. The van der Waals surface area contributed by atoms with Gasteiger partial charge in [-0.2, -0.15) is 0 Å². The van der Waals surface area contributed by atoms with Crippen molar-refractivity contribution in [2.75, 3.05) is 4.90 Å². The molecule has 3 heterocycles. The molecule has 0 N–H and O–H groups in total. The molecule has 5 nitrogen and oxygen atoms in total. The van der Waals surface area contributed by atoms with Gasteiger partial charge in [-0.1, -0.05) is 0 Å². The molecule has 31 heavy (non-hydrogen) atoms. The summed E-state index contributed by atoms with van der Waals surface area (Å²) in [5.74, 6) is 0.742. The minimum atomic E-state index is -0.536. The Morgan fingerprint density at radius 2 is 1.42 bits per heavy atom. The van der Waals surface area contributed by atoms with Crippen LogP contribution in [0.3, 0.4) is 0 Å². The van der Waals surface area contributed by atoms with Gasteiger partial charge in [-0.25, -0.2) is 0 Å². The molecule has 3 aromatic heterocycles. The molecule has 0 unspecified atom stereocenters. The number of carbonyl (C=O) groups excluding carboxylic acids is 1. The Labute approximate surface area is 186 Å². The van der Waals surface area contributed by atoms with Crippen molar-refractivity contribution >= 4 is 41.2 Å². The number of hydrogen-bond acceptors (Lipinski definition) is 3. The molecule has 2 aromatic carbocycles. The van der Waals surface area contributed by atoms with Crippen molar-refractivity contribution in [3.8, 4) is 11.5 Å². The van der Waals surface area contributed by atoms with Crippen LogP contribution in [0.4, 0.5) is 16.2 Å². The third kappa shape index (κ3) is 3.87. The van der Waals surface area contributed by atoms with Crippen molar-refractivity contribution in [2.24, 2.45) is 0 Å². The molecule has 0 radical (unpaired) electrons. The van der Waals surface area contributed by atoms with Crippen LogP contribution in [0, 0.1) is 0 Å². The maximum absolute atomic E-state index is 13.6. The van der Waals surface area contributed by atoms with Gasteiger partial charge in [0.25, 0.3) is 0 Å². The summed E-state index contributed by atoms with van der Waals surface area (Å²) in [6, 6.07) is 31.1. The standard InChI is InChI=1S/C25H18N4OSe/c30-25(29(19-11-3-1-4-12-19)20-13-5-2-6-14-20)31-24-22-16-8-10-18-28(22)23(27-24)21-15-7-9-17-26-21/h1-18H. The number of benzene rings is 2. The molecule has 0 spiro atoms. The molecule has 1 amide bonds. The summed E-state index contributed by atoms with van der Waals surface area (Å²) in [6.45, 7) is 0. The van der Waals surface area contributed by atoms with Crippen LogP contribution in [-0.2, 0) is 0 Å². The predicted molar refractivity (Wildman–Crippen MR) is 124 cm³/mol. The summed E-state index contributed by atoms with van der Waals surface area (Å²) >= 11 is -0.536. The van der Waals surface area contributed by atoms with E-state index in [1.165, 1.54) is 0 Å². The number of rotatable bonds is 5. The van der Waals surface area contributed by atoms with Gasteiger partial charge in [-0.05, 0) is 0 Å². The van der Waals surface area contributed by atoms with Crippen molar-refractivity contribution < 1.29 is 4.79 Å². The van der Waals surface area contributed by atoms with Crippen molar-refractivity contribution in [1.29, 1.82) is 0 Å². The zero-order valence-electron chi connectivity index (χ0n) is 16.5. The Morgan fingerprint density at radius 1 is 0.774 bits per heavy atom. The van der Waals surface area contributed by atoms with E-state index >= 15 is 0 Å². The molecule has 6 heteroatoms. The van der Waals surface area contributed by atoms with E-state index in [2.05, 4.69) is 4.98 Å². The van der Waals surface area contributed by atoms with Gasteiger partial charge >= 0.3 is 186 Å². The molecule has 0 aliphatic heterocycles. The first-order chi connectivity index (χ1) is 15.3. The Morgan fingerprint density at radius 3 is 2.06 bits per heavy atom. The van der Waals surface area contributed by atoms with E-state index in [-0.39, 0.29) is 4.81 Å². The topological polar surface area (TPSA) is 50.5 Å². The summed E-state index contributed by atoms with van der Waals surface area (Å²) in [7, 11) is 0. The van der Waals surface area contributed by atoms with Gasteiger partial charge < -0.3 is 0 Å². The minimum absolute atomic E-state index is 0.0151. The fourth-order valence-corrected chi connectivity index (χ4v) is 5.23. The second-order valence-electron chi connectivity index (χ2n) is 6.79. The van der Waals surface area contributed by atoms with E-state index in [1.54, 1.807) is 11.1 Å². The normalized spacial score (nSPS) is 10.8. The zero-order chi connectivity index (χ0) is 21.0. The molecular weight excluding hydrogens is 451 g/mol. The average Bonchev–Trinajstić information content (AvgIpc) is 3.20. The number of amides is 1. The van der Waals surface area contributed by atoms with Crippen molar-refractivity contribution in [3.63, 3.8) is 0 Å². The molecule has 0 fully saturated rings. The average molecular weight is 469 g/mol. The second kappa shape index (κ2) is 8.56. The van der Waals surface area contributed by atoms with Crippen molar-refractivity contribution in [1.82, 2.24) is 14.4 Å². The van der Waals surface area contributed by atoms with Gasteiger partial charge in [-0.3, -0.25) is 0 Å². The van der Waals surface area contributed by atoms with Crippen LogP contribution < -0.4 is 9.49 Å². The number of aromatic nitrogens is 3. The van der Waals surface area contributed by atoms with Crippen LogP contribution in [0.25, 0.3) is 17.0 Å². The fourth-order valence-electron chi connectivity index (χ4n) is 3.40. The molecule has 0 atom stereocenters.